The van der Waals surface area contributed by atoms with Gasteiger partial charge in [0, 0.05) is 12.0 Å². The van der Waals surface area contributed by atoms with Crippen LogP contribution in [0.3, 0.4) is 0 Å². The SMILES string of the molecule is CCCc1cc(C(O)(C(F)(F)F)C(F)(F)F)ccc1Oc1ccc(C(=O)CC)nc1. The van der Waals surface area contributed by atoms with Gasteiger partial charge in [-0.3, -0.25) is 4.79 Å². The molecule has 2 aromatic rings. The van der Waals surface area contributed by atoms with Gasteiger partial charge >= 0.3 is 12.4 Å². The number of aromatic nitrogens is 1. The minimum atomic E-state index is -5.97. The lowest BCUT2D eigenvalue weighted by Gasteiger charge is -2.33. The van der Waals surface area contributed by atoms with E-state index in [0.717, 1.165) is 6.07 Å². The molecule has 164 valence electrons. The summed E-state index contributed by atoms with van der Waals surface area (Å²) in [6.07, 6.45) is -9.95. The monoisotopic (exact) mass is 435 g/mol. The number of ether oxygens (including phenoxy) is 1. The summed E-state index contributed by atoms with van der Waals surface area (Å²) in [5.41, 5.74) is -6.10. The van der Waals surface area contributed by atoms with Crippen molar-refractivity contribution in [2.24, 2.45) is 0 Å². The summed E-state index contributed by atoms with van der Waals surface area (Å²) in [4.78, 5) is 15.5. The average molecular weight is 435 g/mol. The molecule has 4 nitrogen and oxygen atoms in total. The smallest absolute Gasteiger partial charge is 0.430 e. The number of carbonyl (C=O) groups is 1. The van der Waals surface area contributed by atoms with Crippen LogP contribution in [0, 0.1) is 0 Å². The van der Waals surface area contributed by atoms with E-state index in [1.807, 2.05) is 0 Å². The number of aliphatic hydroxyl groups is 1. The Morgan fingerprint density at radius 2 is 1.67 bits per heavy atom. The zero-order chi connectivity index (χ0) is 22.7. The average Bonchev–Trinajstić information content (AvgIpc) is 2.67. The van der Waals surface area contributed by atoms with E-state index in [1.54, 1.807) is 13.8 Å². The van der Waals surface area contributed by atoms with Crippen LogP contribution in [0.15, 0.2) is 36.5 Å². The summed E-state index contributed by atoms with van der Waals surface area (Å²) < 4.78 is 84.4. The van der Waals surface area contributed by atoms with Crippen LogP contribution < -0.4 is 4.74 Å². The first kappa shape index (κ1) is 23.7. The number of carbonyl (C=O) groups excluding carboxylic acids is 1. The summed E-state index contributed by atoms with van der Waals surface area (Å²) in [6.45, 7) is 3.35. The van der Waals surface area contributed by atoms with Crippen LogP contribution in [-0.2, 0) is 12.0 Å². The normalized spacial score (nSPS) is 12.7. The van der Waals surface area contributed by atoms with Gasteiger partial charge in [-0.25, -0.2) is 4.98 Å². The van der Waals surface area contributed by atoms with Gasteiger partial charge in [0.15, 0.2) is 5.78 Å². The first-order valence-electron chi connectivity index (χ1n) is 9.01. The van der Waals surface area contributed by atoms with Crippen molar-refractivity contribution in [3.05, 3.63) is 53.3 Å². The molecule has 1 aromatic heterocycles. The molecule has 0 radical (unpaired) electrons. The van der Waals surface area contributed by atoms with Gasteiger partial charge in [0.25, 0.3) is 5.60 Å². The second kappa shape index (κ2) is 8.63. The maximum Gasteiger partial charge on any atom is 0.430 e. The van der Waals surface area contributed by atoms with Crippen LogP contribution in [0.1, 0.15) is 48.3 Å². The Kier molecular flexibility index (Phi) is 6.80. The number of hydrogen-bond donors (Lipinski definition) is 1. The standard InChI is InChI=1S/C20H19F6NO3/c1-3-5-12-10-13(18(29,19(21,22)23)20(24,25)26)6-9-17(12)30-14-7-8-15(27-11-14)16(28)4-2/h6-11,29H,3-5H2,1-2H3. The first-order valence-corrected chi connectivity index (χ1v) is 9.01. The van der Waals surface area contributed by atoms with Gasteiger partial charge in [0.1, 0.15) is 17.2 Å². The molecule has 0 atom stereocenters. The predicted molar refractivity (Wildman–Crippen MR) is 95.4 cm³/mol. The van der Waals surface area contributed by atoms with Gasteiger partial charge in [0.05, 0.1) is 6.20 Å². The number of aryl methyl sites for hydroxylation is 1. The number of hydrogen-bond acceptors (Lipinski definition) is 4. The van der Waals surface area contributed by atoms with Crippen molar-refractivity contribution in [1.82, 2.24) is 4.98 Å². The molecule has 1 aromatic carbocycles. The fraction of sp³-hybridized carbons (Fsp3) is 0.400. The maximum atomic E-state index is 13.1. The largest absolute Gasteiger partial charge is 0.455 e. The predicted octanol–water partition coefficient (Wildman–Crippen LogP) is 5.73. The molecule has 2 rings (SSSR count). The van der Waals surface area contributed by atoms with Gasteiger partial charge in [0.2, 0.25) is 0 Å². The molecule has 0 aliphatic heterocycles. The molecular weight excluding hydrogens is 416 g/mol. The number of nitrogens with zero attached hydrogens (tertiary/aromatic N) is 1. The number of alkyl halides is 6. The van der Waals surface area contributed by atoms with Gasteiger partial charge in [-0.1, -0.05) is 26.3 Å². The molecular formula is C20H19F6NO3. The summed E-state index contributed by atoms with van der Waals surface area (Å²) in [6, 6.07) is 4.93. The Morgan fingerprint density at radius 1 is 1.03 bits per heavy atom. The van der Waals surface area contributed by atoms with E-state index in [9.17, 15) is 36.2 Å². The molecule has 1 heterocycles. The lowest BCUT2D eigenvalue weighted by atomic mass is 9.90. The van der Waals surface area contributed by atoms with Crippen molar-refractivity contribution in [1.29, 1.82) is 0 Å². The van der Waals surface area contributed by atoms with Gasteiger partial charge in [-0.15, -0.1) is 0 Å². The van der Waals surface area contributed by atoms with Crippen molar-refractivity contribution in [3.8, 4) is 11.5 Å². The molecule has 0 aliphatic carbocycles. The summed E-state index contributed by atoms with van der Waals surface area (Å²) in [5, 5.41) is 9.60. The molecule has 30 heavy (non-hydrogen) atoms. The van der Waals surface area contributed by atoms with E-state index in [4.69, 9.17) is 4.74 Å². The van der Waals surface area contributed by atoms with E-state index in [0.29, 0.717) is 18.6 Å². The molecule has 0 fully saturated rings. The highest BCUT2D eigenvalue weighted by Crippen LogP contribution is 2.50. The topological polar surface area (TPSA) is 59.4 Å². The first-order chi connectivity index (χ1) is 13.8. The number of rotatable bonds is 7. The third-order valence-corrected chi connectivity index (χ3v) is 4.39. The summed E-state index contributed by atoms with van der Waals surface area (Å²) in [5.74, 6) is -0.0329. The van der Waals surface area contributed by atoms with E-state index in [2.05, 4.69) is 4.98 Å². The molecule has 0 aliphatic rings. The molecule has 1 N–H and O–H groups in total. The fourth-order valence-corrected chi connectivity index (χ4v) is 2.77. The zero-order valence-corrected chi connectivity index (χ0v) is 16.1. The second-order valence-corrected chi connectivity index (χ2v) is 6.54. The van der Waals surface area contributed by atoms with E-state index in [1.165, 1.54) is 18.3 Å². The zero-order valence-electron chi connectivity index (χ0n) is 16.1. The Labute approximate surface area is 168 Å². The third-order valence-electron chi connectivity index (χ3n) is 4.39. The van der Waals surface area contributed by atoms with Crippen molar-refractivity contribution in [2.45, 2.75) is 51.1 Å². The minimum absolute atomic E-state index is 0.0173. The molecule has 0 unspecified atom stereocenters. The van der Waals surface area contributed by atoms with Crippen LogP contribution in [0.2, 0.25) is 0 Å². The Bertz CT molecular complexity index is 877. The van der Waals surface area contributed by atoms with Crippen molar-refractivity contribution in [2.75, 3.05) is 0 Å². The molecule has 0 bridgehead atoms. The summed E-state index contributed by atoms with van der Waals surface area (Å²) >= 11 is 0. The Balaban J connectivity index is 2.45. The number of pyridine rings is 1. The van der Waals surface area contributed by atoms with Crippen LogP contribution in [0.4, 0.5) is 26.3 Å². The van der Waals surface area contributed by atoms with Crippen LogP contribution >= 0.6 is 0 Å². The number of Topliss-reactive ketones (excluding diaryl/α,β-unsaturated/α-hetero) is 1. The van der Waals surface area contributed by atoms with Gasteiger partial charge in [-0.2, -0.15) is 26.3 Å². The number of benzene rings is 1. The highest BCUT2D eigenvalue weighted by molar-refractivity contribution is 5.93. The van der Waals surface area contributed by atoms with Gasteiger partial charge < -0.3 is 9.84 Å². The lowest BCUT2D eigenvalue weighted by Crippen LogP contribution is -2.53. The quantitative estimate of drug-likeness (QED) is 0.446. The van der Waals surface area contributed by atoms with E-state index >= 15 is 0 Å². The van der Waals surface area contributed by atoms with E-state index in [-0.39, 0.29) is 41.4 Å². The van der Waals surface area contributed by atoms with Crippen molar-refractivity contribution in [3.63, 3.8) is 0 Å². The number of ketones is 1. The Morgan fingerprint density at radius 3 is 2.13 bits per heavy atom. The van der Waals surface area contributed by atoms with E-state index < -0.39 is 23.5 Å². The Hall–Kier alpha value is -2.62. The fourth-order valence-electron chi connectivity index (χ4n) is 2.77. The van der Waals surface area contributed by atoms with Gasteiger partial charge in [-0.05, 0) is 36.2 Å². The second-order valence-electron chi connectivity index (χ2n) is 6.54. The highest BCUT2D eigenvalue weighted by Gasteiger charge is 2.71. The third kappa shape index (κ3) is 4.58. The maximum absolute atomic E-state index is 13.1. The van der Waals surface area contributed by atoms with Crippen LogP contribution in [-0.4, -0.2) is 28.2 Å². The number of halogens is 6. The van der Waals surface area contributed by atoms with Crippen molar-refractivity contribution < 1.29 is 41.0 Å². The molecule has 0 amide bonds. The van der Waals surface area contributed by atoms with Crippen LogP contribution in [0.5, 0.6) is 11.5 Å². The van der Waals surface area contributed by atoms with Crippen molar-refractivity contribution >= 4 is 5.78 Å². The molecule has 0 spiro atoms. The highest BCUT2D eigenvalue weighted by atomic mass is 19.4. The molecule has 10 heteroatoms. The minimum Gasteiger partial charge on any atom is -0.455 e. The molecule has 0 saturated heterocycles. The lowest BCUT2D eigenvalue weighted by molar-refractivity contribution is -0.376. The summed E-state index contributed by atoms with van der Waals surface area (Å²) in [7, 11) is 0. The van der Waals surface area contributed by atoms with Crippen LogP contribution in [0.25, 0.3) is 0 Å². The molecule has 0 saturated carbocycles.